The van der Waals surface area contributed by atoms with E-state index in [2.05, 4.69) is 41.7 Å². The molecule has 5 aromatic carbocycles. The Morgan fingerprint density at radius 3 is 1.41 bits per heavy atom. The molecule has 0 aliphatic carbocycles. The van der Waals surface area contributed by atoms with Crippen molar-refractivity contribution in [1.82, 2.24) is 0 Å². The predicted octanol–water partition coefficient (Wildman–Crippen LogP) is 12.2. The van der Waals surface area contributed by atoms with Crippen molar-refractivity contribution in [2.45, 2.75) is 56.4 Å². The van der Waals surface area contributed by atoms with E-state index in [-0.39, 0.29) is 60.6 Å². The Morgan fingerprint density at radius 2 is 0.984 bits per heavy atom. The molecule has 0 aliphatic heterocycles. The number of nitrogens with one attached hydrogen (secondary N) is 4. The van der Waals surface area contributed by atoms with Crippen molar-refractivity contribution >= 4 is 127 Å². The van der Waals surface area contributed by atoms with E-state index in [1.165, 1.54) is 54.6 Å². The van der Waals surface area contributed by atoms with Crippen LogP contribution >= 0.6 is 58.0 Å². The number of rotatable bonds is 17. The zero-order chi connectivity index (χ0) is 46.7. The molecule has 4 amide bonds. The molecule has 4 unspecified atom stereocenters. The van der Waals surface area contributed by atoms with Crippen molar-refractivity contribution in [2.24, 2.45) is 20.5 Å². The minimum absolute atomic E-state index is 0.0631. The number of Topliss-reactive ketones (excluding diaryl/α,β-unsaturated/α-hetero) is 2. The second-order valence-electron chi connectivity index (χ2n) is 14.1. The molecule has 19 heteroatoms. The third-order valence-electron chi connectivity index (χ3n) is 9.28. The lowest BCUT2D eigenvalue weighted by molar-refractivity contribution is -0.127. The number of hydrogen-bond acceptors (Lipinski definition) is 10. The first kappa shape index (κ1) is 49.0. The molecule has 0 heterocycles. The maximum absolute atomic E-state index is 13.4. The summed E-state index contributed by atoms with van der Waals surface area (Å²) in [5, 5.41) is 26.3. The fourth-order valence-corrected chi connectivity index (χ4v) is 7.00. The Labute approximate surface area is 393 Å². The van der Waals surface area contributed by atoms with E-state index in [1.54, 1.807) is 62.4 Å². The molecule has 0 fully saturated rings. The molecule has 4 N–H and O–H groups in total. The number of anilines is 4. The van der Waals surface area contributed by atoms with Gasteiger partial charge < -0.3 is 21.3 Å². The van der Waals surface area contributed by atoms with E-state index < -0.39 is 47.3 Å². The van der Waals surface area contributed by atoms with Gasteiger partial charge in [0.1, 0.15) is 0 Å². The summed E-state index contributed by atoms with van der Waals surface area (Å²) in [6, 6.07) is 23.7. The van der Waals surface area contributed by atoms with E-state index >= 15 is 0 Å². The summed E-state index contributed by atoms with van der Waals surface area (Å²) in [7, 11) is 0. The first-order valence-electron chi connectivity index (χ1n) is 19.3. The molecule has 64 heavy (non-hydrogen) atoms. The number of halogens is 5. The largest absolute Gasteiger partial charge is 0.324 e. The lowest BCUT2D eigenvalue weighted by atomic mass is 10.1. The van der Waals surface area contributed by atoms with Gasteiger partial charge in [-0.15, -0.1) is 34.8 Å². The van der Waals surface area contributed by atoms with Crippen molar-refractivity contribution in [2.75, 3.05) is 21.3 Å². The zero-order valence-electron chi connectivity index (χ0n) is 34.5. The van der Waals surface area contributed by atoms with Crippen LogP contribution in [0, 0.1) is 0 Å². The Balaban J connectivity index is 1.26. The third kappa shape index (κ3) is 12.8. The summed E-state index contributed by atoms with van der Waals surface area (Å²) in [4.78, 5) is 78.3. The highest BCUT2D eigenvalue weighted by Gasteiger charge is 2.26. The molecule has 0 aromatic heterocycles. The van der Waals surface area contributed by atoms with Crippen LogP contribution in [0.4, 0.5) is 34.1 Å². The number of ketones is 2. The van der Waals surface area contributed by atoms with Crippen molar-refractivity contribution in [3.8, 4) is 0 Å². The number of nitrogens with zero attached hydrogens (tertiary/aromatic N) is 4. The third-order valence-corrected chi connectivity index (χ3v) is 10.7. The minimum Gasteiger partial charge on any atom is -0.324 e. The number of hydrogen-bond donors (Lipinski definition) is 4. The molecule has 0 saturated carbocycles. The maximum atomic E-state index is 13.4. The van der Waals surface area contributed by atoms with E-state index in [1.807, 2.05) is 0 Å². The van der Waals surface area contributed by atoms with E-state index in [9.17, 15) is 28.8 Å². The van der Waals surface area contributed by atoms with Crippen LogP contribution in [0.1, 0.15) is 75.9 Å². The summed E-state index contributed by atoms with van der Waals surface area (Å²) < 4.78 is 0. The van der Waals surface area contributed by atoms with E-state index in [4.69, 9.17) is 58.0 Å². The summed E-state index contributed by atoms with van der Waals surface area (Å²) in [5.41, 5.74) is 3.53. The lowest BCUT2D eigenvalue weighted by Crippen LogP contribution is -2.32. The number of benzene rings is 5. The van der Waals surface area contributed by atoms with Crippen LogP contribution in [0.5, 0.6) is 0 Å². The normalized spacial score (nSPS) is 13.1. The highest BCUT2D eigenvalue weighted by molar-refractivity contribution is 6.35. The standard InChI is InChI=1S/C45H39Cl5N8O6/c1-23(47)31-9-5-7-11-38(31)53-42(61)33-20-29(13-16-35(33)49)55-57-40(25(3)59)44(63)51-28-15-18-37(27(19-28)22-46)52-45(64)41(26(4)60)58-56-30-14-17-36(50)34(21-30)43(62)54-39-12-8-6-10-32(39)24(2)48/h5-21,23-24,40-41H,22H2,1-4H3,(H,51,63)(H,52,64)(H,53,61)(H,54,62). The number of para-hydroxylation sites is 2. The van der Waals surface area contributed by atoms with Gasteiger partial charge in [-0.05, 0) is 111 Å². The Morgan fingerprint density at radius 1 is 0.547 bits per heavy atom. The molecule has 14 nitrogen and oxygen atoms in total. The number of alkyl halides is 3. The zero-order valence-corrected chi connectivity index (χ0v) is 38.2. The number of carbonyl (C=O) groups excluding carboxylic acids is 6. The van der Waals surface area contributed by atoms with Gasteiger partial charge in [0.15, 0.2) is 11.6 Å². The van der Waals surface area contributed by atoms with Crippen LogP contribution in [0.2, 0.25) is 10.0 Å². The lowest BCUT2D eigenvalue weighted by Gasteiger charge is -2.15. The van der Waals surface area contributed by atoms with Crippen molar-refractivity contribution in [1.29, 1.82) is 0 Å². The molecule has 0 radical (unpaired) electrons. The number of carbonyl (C=O) groups is 6. The Kier molecular flexibility index (Phi) is 17.3. The van der Waals surface area contributed by atoms with Gasteiger partial charge in [0.2, 0.25) is 12.1 Å². The molecular formula is C45H39Cl5N8O6. The molecule has 0 saturated heterocycles. The van der Waals surface area contributed by atoms with Gasteiger partial charge in [-0.1, -0.05) is 59.6 Å². The summed E-state index contributed by atoms with van der Waals surface area (Å²) >= 11 is 31.5. The number of amides is 4. The number of azo groups is 2. The first-order valence-corrected chi connectivity index (χ1v) is 21.4. The Hall–Kier alpha value is -6.03. The highest BCUT2D eigenvalue weighted by Crippen LogP contribution is 2.32. The van der Waals surface area contributed by atoms with Gasteiger partial charge in [0, 0.05) is 28.6 Å². The van der Waals surface area contributed by atoms with Crippen LogP contribution in [0.15, 0.2) is 124 Å². The minimum atomic E-state index is -1.60. The molecule has 0 aliphatic rings. The fraction of sp³-hybridized carbons (Fsp3) is 0.200. The maximum Gasteiger partial charge on any atom is 0.258 e. The van der Waals surface area contributed by atoms with Gasteiger partial charge >= 0.3 is 0 Å². The van der Waals surface area contributed by atoms with Crippen LogP contribution < -0.4 is 21.3 Å². The quantitative estimate of drug-likeness (QED) is 0.0406. The summed E-state index contributed by atoms with van der Waals surface area (Å²) in [6.45, 7) is 5.87. The second kappa shape index (κ2) is 22.5. The van der Waals surface area contributed by atoms with Crippen molar-refractivity contribution < 1.29 is 28.8 Å². The van der Waals surface area contributed by atoms with Gasteiger partial charge in [-0.25, -0.2) is 0 Å². The van der Waals surface area contributed by atoms with Crippen LogP contribution in [-0.4, -0.2) is 47.3 Å². The molecule has 5 aromatic rings. The van der Waals surface area contributed by atoms with Crippen LogP contribution in [0.3, 0.4) is 0 Å². The van der Waals surface area contributed by atoms with Crippen molar-refractivity contribution in [3.05, 3.63) is 141 Å². The van der Waals surface area contributed by atoms with Gasteiger partial charge in [-0.2, -0.15) is 20.5 Å². The molecular weight excluding hydrogens is 926 g/mol. The smallest absolute Gasteiger partial charge is 0.258 e. The van der Waals surface area contributed by atoms with Crippen LogP contribution in [0.25, 0.3) is 0 Å². The molecule has 4 atom stereocenters. The van der Waals surface area contributed by atoms with Crippen LogP contribution in [-0.2, 0) is 25.1 Å². The Bertz CT molecular complexity index is 2670. The second-order valence-corrected chi connectivity index (χ2v) is 16.5. The van der Waals surface area contributed by atoms with Gasteiger partial charge in [0.25, 0.3) is 23.6 Å². The molecule has 0 bridgehead atoms. The summed E-state index contributed by atoms with van der Waals surface area (Å²) in [5.74, 6) is -4.17. The topological polar surface area (TPSA) is 200 Å². The predicted molar refractivity (Wildman–Crippen MR) is 251 cm³/mol. The highest BCUT2D eigenvalue weighted by atomic mass is 35.5. The van der Waals surface area contributed by atoms with Gasteiger partial charge in [0.05, 0.1) is 43.3 Å². The SMILES string of the molecule is CC(=O)C(N=Nc1ccc(Cl)c(C(=O)Nc2ccccc2C(C)Cl)c1)C(=O)Nc1ccc(NC(=O)C(N=Nc2ccc(Cl)c(C(=O)Nc3ccccc3C(C)Cl)c2)C(C)=O)c(CCl)c1. The fourth-order valence-electron chi connectivity index (χ4n) is 5.99. The monoisotopic (exact) mass is 962 g/mol. The van der Waals surface area contributed by atoms with Crippen molar-refractivity contribution in [3.63, 3.8) is 0 Å². The first-order chi connectivity index (χ1) is 30.5. The van der Waals surface area contributed by atoms with Gasteiger partial charge in [-0.3, -0.25) is 28.8 Å². The van der Waals surface area contributed by atoms with E-state index in [0.717, 1.165) is 13.8 Å². The summed E-state index contributed by atoms with van der Waals surface area (Å²) in [6.07, 6.45) is 0. The molecule has 0 spiro atoms. The average Bonchev–Trinajstić information content (AvgIpc) is 3.25. The molecule has 5 rings (SSSR count). The average molecular weight is 965 g/mol. The molecule has 330 valence electrons. The van der Waals surface area contributed by atoms with E-state index in [0.29, 0.717) is 28.1 Å².